The normalized spacial score (nSPS) is 25.8. The minimum absolute atomic E-state index is 0.0638. The predicted molar refractivity (Wildman–Crippen MR) is 102 cm³/mol. The van der Waals surface area contributed by atoms with Crippen molar-refractivity contribution >= 4 is 17.6 Å². The summed E-state index contributed by atoms with van der Waals surface area (Å²) in [7, 11) is 0. The van der Waals surface area contributed by atoms with E-state index in [4.69, 9.17) is 16.0 Å². The molecule has 3 heterocycles. The van der Waals surface area contributed by atoms with Crippen LogP contribution in [-0.4, -0.2) is 27.7 Å². The summed E-state index contributed by atoms with van der Waals surface area (Å²) in [4.78, 5) is 15.1. The topological polar surface area (TPSA) is 71.3 Å². The van der Waals surface area contributed by atoms with Gasteiger partial charge in [0, 0.05) is 18.5 Å². The molecule has 0 radical (unpaired) electrons. The Balaban J connectivity index is 1.57. The highest BCUT2D eigenvalue weighted by Crippen LogP contribution is 2.56. The van der Waals surface area contributed by atoms with Gasteiger partial charge in [0.15, 0.2) is 0 Å². The number of carbonyl (C=O) groups is 1. The van der Waals surface area contributed by atoms with Crippen LogP contribution in [0.3, 0.4) is 0 Å². The van der Waals surface area contributed by atoms with E-state index < -0.39 is 5.54 Å². The molecule has 5 rings (SSSR count). The van der Waals surface area contributed by atoms with Gasteiger partial charge in [0.25, 0.3) is 0 Å². The van der Waals surface area contributed by atoms with Crippen molar-refractivity contribution in [2.24, 2.45) is 11.8 Å². The first kappa shape index (κ1) is 18.3. The molecule has 2 aliphatic heterocycles. The van der Waals surface area contributed by atoms with Crippen LogP contribution in [0.4, 0.5) is 4.79 Å². The molecular formula is C20H25ClN4O2. The summed E-state index contributed by atoms with van der Waals surface area (Å²) in [6.07, 6.45) is 2.76. The molecule has 144 valence electrons. The smallest absolute Gasteiger partial charge is 0.318 e. The van der Waals surface area contributed by atoms with Crippen molar-refractivity contribution < 1.29 is 9.21 Å². The maximum Gasteiger partial charge on any atom is 0.318 e. The predicted octanol–water partition coefficient (Wildman–Crippen LogP) is 4.45. The van der Waals surface area contributed by atoms with Gasteiger partial charge in [-0.25, -0.2) is 4.79 Å². The van der Waals surface area contributed by atoms with E-state index in [9.17, 15) is 4.79 Å². The highest BCUT2D eigenvalue weighted by molar-refractivity contribution is 6.30. The molecule has 2 bridgehead atoms. The molecule has 1 saturated carbocycles. The van der Waals surface area contributed by atoms with Crippen molar-refractivity contribution in [1.29, 1.82) is 0 Å². The third-order valence-corrected chi connectivity index (χ3v) is 6.35. The van der Waals surface area contributed by atoms with E-state index in [-0.39, 0.29) is 12.1 Å². The second-order valence-corrected chi connectivity index (χ2v) is 8.34. The van der Waals surface area contributed by atoms with Gasteiger partial charge in [-0.1, -0.05) is 44.0 Å². The van der Waals surface area contributed by atoms with Gasteiger partial charge >= 0.3 is 6.03 Å². The summed E-state index contributed by atoms with van der Waals surface area (Å²) in [5.41, 5.74) is 0.632. The lowest BCUT2D eigenvalue weighted by atomic mass is 9.73. The summed E-state index contributed by atoms with van der Waals surface area (Å²) in [6, 6.07) is 7.58. The zero-order chi connectivity index (χ0) is 19.2. The maximum absolute atomic E-state index is 13.2. The van der Waals surface area contributed by atoms with E-state index in [0.717, 1.165) is 31.4 Å². The minimum Gasteiger partial charge on any atom is -0.423 e. The molecule has 27 heavy (non-hydrogen) atoms. The minimum atomic E-state index is -0.435. The Morgan fingerprint density at radius 1 is 1.37 bits per heavy atom. The molecule has 6 nitrogen and oxygen atoms in total. The summed E-state index contributed by atoms with van der Waals surface area (Å²) in [5, 5.41) is 12.1. The molecule has 1 aromatic carbocycles. The van der Waals surface area contributed by atoms with Crippen LogP contribution in [0.25, 0.3) is 0 Å². The van der Waals surface area contributed by atoms with Crippen LogP contribution in [0.1, 0.15) is 56.5 Å². The molecule has 1 N–H and O–H groups in total. The van der Waals surface area contributed by atoms with Gasteiger partial charge in [-0.15, -0.1) is 10.2 Å². The molecule has 0 spiro atoms. The lowest BCUT2D eigenvalue weighted by Gasteiger charge is -2.39. The fourth-order valence-corrected chi connectivity index (χ4v) is 4.53. The van der Waals surface area contributed by atoms with Crippen molar-refractivity contribution in [2.75, 3.05) is 6.54 Å². The number of urea groups is 1. The van der Waals surface area contributed by atoms with E-state index in [2.05, 4.69) is 29.4 Å². The second kappa shape index (κ2) is 6.82. The Morgan fingerprint density at radius 3 is 2.67 bits per heavy atom. The van der Waals surface area contributed by atoms with Gasteiger partial charge < -0.3 is 14.6 Å². The lowest BCUT2D eigenvalue weighted by Crippen LogP contribution is -2.51. The van der Waals surface area contributed by atoms with Crippen LogP contribution in [0.15, 0.2) is 28.7 Å². The summed E-state index contributed by atoms with van der Waals surface area (Å²) in [6.45, 7) is 6.80. The number of fused-ring (bicyclic) bond motifs is 1. The van der Waals surface area contributed by atoms with E-state index in [1.165, 1.54) is 0 Å². The second-order valence-electron chi connectivity index (χ2n) is 7.91. The summed E-state index contributed by atoms with van der Waals surface area (Å²) in [5.74, 6) is 1.92. The SMILES string of the molecule is CCC(C)C(NC(=O)N1CC2CC1(c1nnc(C)o1)C2)c1ccc(Cl)cc1. The highest BCUT2D eigenvalue weighted by Gasteiger charge is 2.62. The third kappa shape index (κ3) is 3.10. The maximum atomic E-state index is 13.2. The first-order chi connectivity index (χ1) is 12.9. The van der Waals surface area contributed by atoms with Crippen molar-refractivity contribution in [2.45, 2.75) is 51.6 Å². The number of hydrogen-bond donors (Lipinski definition) is 1. The Morgan fingerprint density at radius 2 is 2.07 bits per heavy atom. The number of nitrogens with one attached hydrogen (secondary N) is 1. The molecular weight excluding hydrogens is 364 g/mol. The van der Waals surface area contributed by atoms with Crippen molar-refractivity contribution in [1.82, 2.24) is 20.4 Å². The molecule has 3 fully saturated rings. The molecule has 2 amide bonds. The number of halogens is 1. The van der Waals surface area contributed by atoms with Gasteiger partial charge in [-0.05, 0) is 42.4 Å². The van der Waals surface area contributed by atoms with Gasteiger partial charge in [0.2, 0.25) is 11.8 Å². The fraction of sp³-hybridized carbons (Fsp3) is 0.550. The van der Waals surface area contributed by atoms with Crippen molar-refractivity contribution in [3.05, 3.63) is 46.6 Å². The molecule has 3 aliphatic rings. The van der Waals surface area contributed by atoms with Crippen LogP contribution >= 0.6 is 11.6 Å². The Hall–Kier alpha value is -2.08. The molecule has 2 aromatic rings. The third-order valence-electron chi connectivity index (χ3n) is 6.10. The van der Waals surface area contributed by atoms with Gasteiger partial charge in [0.05, 0.1) is 6.04 Å². The van der Waals surface area contributed by atoms with Gasteiger partial charge in [0.1, 0.15) is 5.54 Å². The quantitative estimate of drug-likeness (QED) is 0.821. The fourth-order valence-electron chi connectivity index (χ4n) is 4.40. The highest BCUT2D eigenvalue weighted by atomic mass is 35.5. The van der Waals surface area contributed by atoms with E-state index in [0.29, 0.717) is 28.6 Å². The number of rotatable bonds is 5. The lowest BCUT2D eigenvalue weighted by molar-refractivity contribution is 0.0881. The number of nitrogens with zero attached hydrogens (tertiary/aromatic N) is 3. The van der Waals surface area contributed by atoms with E-state index in [1.807, 2.05) is 29.2 Å². The Bertz CT molecular complexity index is 829. The largest absolute Gasteiger partial charge is 0.423 e. The van der Waals surface area contributed by atoms with Crippen LogP contribution in [-0.2, 0) is 5.54 Å². The van der Waals surface area contributed by atoms with Crippen LogP contribution in [0.2, 0.25) is 5.02 Å². The number of benzene rings is 1. The first-order valence-corrected chi connectivity index (χ1v) is 9.95. The number of hydrogen-bond acceptors (Lipinski definition) is 4. The Labute approximate surface area is 164 Å². The number of carbonyl (C=O) groups excluding carboxylic acids is 1. The number of amides is 2. The number of aromatic nitrogens is 2. The standard InChI is InChI=1S/C20H25ClN4O2/c1-4-12(2)17(15-5-7-16(21)8-6-15)22-19(26)25-11-14-9-20(25,10-14)18-24-23-13(3)27-18/h5-8,12,14,17H,4,9-11H2,1-3H3,(H,22,26). The summed E-state index contributed by atoms with van der Waals surface area (Å²) < 4.78 is 5.70. The van der Waals surface area contributed by atoms with Gasteiger partial charge in [-0.3, -0.25) is 0 Å². The molecule has 7 heteroatoms. The zero-order valence-electron chi connectivity index (χ0n) is 15.9. The van der Waals surface area contributed by atoms with Gasteiger partial charge in [-0.2, -0.15) is 0 Å². The Kier molecular flexibility index (Phi) is 4.62. The molecule has 2 atom stereocenters. The van der Waals surface area contributed by atoms with Crippen LogP contribution in [0.5, 0.6) is 0 Å². The first-order valence-electron chi connectivity index (χ1n) is 9.57. The van der Waals surface area contributed by atoms with Crippen molar-refractivity contribution in [3.8, 4) is 0 Å². The number of aryl methyl sites for hydroxylation is 1. The van der Waals surface area contributed by atoms with Crippen molar-refractivity contribution in [3.63, 3.8) is 0 Å². The monoisotopic (exact) mass is 388 g/mol. The average Bonchev–Trinajstić information content (AvgIpc) is 3.32. The van der Waals surface area contributed by atoms with E-state index in [1.54, 1.807) is 6.92 Å². The molecule has 1 aromatic heterocycles. The molecule has 2 saturated heterocycles. The van der Waals surface area contributed by atoms with Crippen LogP contribution in [0, 0.1) is 18.8 Å². The van der Waals surface area contributed by atoms with E-state index >= 15 is 0 Å². The summed E-state index contributed by atoms with van der Waals surface area (Å²) >= 11 is 6.03. The molecule has 2 unspecified atom stereocenters. The molecule has 1 aliphatic carbocycles. The average molecular weight is 389 g/mol. The van der Waals surface area contributed by atoms with Crippen LogP contribution < -0.4 is 5.32 Å². The zero-order valence-corrected chi connectivity index (χ0v) is 16.7.